The van der Waals surface area contributed by atoms with Crippen LogP contribution in [0.5, 0.6) is 0 Å². The van der Waals surface area contributed by atoms with Gasteiger partial charge >= 0.3 is 0 Å². The molecule has 118 valence electrons. The van der Waals surface area contributed by atoms with Crippen molar-refractivity contribution in [3.8, 4) is 0 Å². The smallest absolute Gasteiger partial charge is 0.221 e. The van der Waals surface area contributed by atoms with E-state index in [9.17, 15) is 4.79 Å². The van der Waals surface area contributed by atoms with Gasteiger partial charge in [0.15, 0.2) is 0 Å². The van der Waals surface area contributed by atoms with E-state index in [4.69, 9.17) is 5.73 Å². The van der Waals surface area contributed by atoms with Crippen molar-refractivity contribution < 1.29 is 4.79 Å². The van der Waals surface area contributed by atoms with Crippen molar-refractivity contribution >= 4 is 5.91 Å². The number of aryl methyl sites for hydroxylation is 1. The summed E-state index contributed by atoms with van der Waals surface area (Å²) in [4.78, 5) is 12.3. The summed E-state index contributed by atoms with van der Waals surface area (Å²) in [6, 6.07) is 8.53. The first-order valence-electron chi connectivity index (χ1n) is 7.92. The number of benzene rings is 1. The van der Waals surface area contributed by atoms with Gasteiger partial charge in [-0.25, -0.2) is 0 Å². The van der Waals surface area contributed by atoms with E-state index in [1.54, 1.807) is 0 Å². The molecule has 3 nitrogen and oxygen atoms in total. The number of hydrogen-bond donors (Lipinski definition) is 2. The Bertz CT molecular complexity index is 453. The van der Waals surface area contributed by atoms with Gasteiger partial charge in [-0.15, -0.1) is 0 Å². The molecule has 1 amide bonds. The lowest BCUT2D eigenvalue weighted by atomic mass is 9.87. The van der Waals surface area contributed by atoms with Crippen LogP contribution in [-0.2, 0) is 11.2 Å². The third-order valence-electron chi connectivity index (χ3n) is 4.57. The Labute approximate surface area is 129 Å². The number of rotatable bonds is 7. The van der Waals surface area contributed by atoms with Gasteiger partial charge in [-0.2, -0.15) is 0 Å². The molecule has 0 bridgehead atoms. The van der Waals surface area contributed by atoms with Crippen molar-refractivity contribution in [1.82, 2.24) is 5.32 Å². The summed E-state index contributed by atoms with van der Waals surface area (Å²) in [6.45, 7) is 10.9. The molecule has 3 heteroatoms. The maximum absolute atomic E-state index is 12.3. The zero-order chi connectivity index (χ0) is 16.0. The number of carbonyl (C=O) groups excluding carboxylic acids is 1. The summed E-state index contributed by atoms with van der Waals surface area (Å²) in [6.07, 6.45) is 1.53. The third kappa shape index (κ3) is 4.85. The van der Waals surface area contributed by atoms with E-state index < -0.39 is 0 Å². The highest BCUT2D eigenvalue weighted by Crippen LogP contribution is 2.21. The maximum Gasteiger partial charge on any atom is 0.221 e. The van der Waals surface area contributed by atoms with Crippen LogP contribution in [0.2, 0.25) is 0 Å². The molecule has 21 heavy (non-hydrogen) atoms. The van der Waals surface area contributed by atoms with Gasteiger partial charge < -0.3 is 11.1 Å². The van der Waals surface area contributed by atoms with Crippen LogP contribution >= 0.6 is 0 Å². The van der Waals surface area contributed by atoms with E-state index in [1.165, 1.54) is 11.1 Å². The van der Waals surface area contributed by atoms with Crippen molar-refractivity contribution in [3.63, 3.8) is 0 Å². The monoisotopic (exact) mass is 290 g/mol. The summed E-state index contributed by atoms with van der Waals surface area (Å²) in [5.41, 5.74) is 8.02. The van der Waals surface area contributed by atoms with Gasteiger partial charge in [-0.3, -0.25) is 4.79 Å². The summed E-state index contributed by atoms with van der Waals surface area (Å²) >= 11 is 0. The molecule has 0 fully saturated rings. The minimum atomic E-state index is -0.330. The maximum atomic E-state index is 12.3. The molecule has 0 aliphatic heterocycles. The molecular formula is C18H30N2O. The van der Waals surface area contributed by atoms with Crippen molar-refractivity contribution in [2.45, 2.75) is 58.9 Å². The SMILES string of the molecule is CCc1ccc(C(C)CC(=O)NC(C)(CN)C(C)C)cc1. The first-order chi connectivity index (χ1) is 9.82. The summed E-state index contributed by atoms with van der Waals surface area (Å²) in [5.74, 6) is 0.597. The van der Waals surface area contributed by atoms with Crippen LogP contribution in [0.4, 0.5) is 0 Å². The Balaban J connectivity index is 2.65. The Morgan fingerprint density at radius 3 is 2.24 bits per heavy atom. The topological polar surface area (TPSA) is 55.1 Å². The van der Waals surface area contributed by atoms with Gasteiger partial charge in [0, 0.05) is 13.0 Å². The molecule has 0 aromatic heterocycles. The molecule has 3 N–H and O–H groups in total. The number of hydrogen-bond acceptors (Lipinski definition) is 2. The Hall–Kier alpha value is -1.35. The van der Waals surface area contributed by atoms with Crippen molar-refractivity contribution in [3.05, 3.63) is 35.4 Å². The Morgan fingerprint density at radius 1 is 1.24 bits per heavy atom. The molecule has 2 unspecified atom stereocenters. The summed E-state index contributed by atoms with van der Waals surface area (Å²) < 4.78 is 0. The molecule has 0 saturated heterocycles. The van der Waals surface area contributed by atoms with Crippen molar-refractivity contribution in [1.29, 1.82) is 0 Å². The van der Waals surface area contributed by atoms with Crippen LogP contribution in [-0.4, -0.2) is 18.0 Å². The van der Waals surface area contributed by atoms with E-state index in [0.29, 0.717) is 18.9 Å². The fourth-order valence-corrected chi connectivity index (χ4v) is 2.28. The van der Waals surface area contributed by atoms with Gasteiger partial charge in [0.1, 0.15) is 0 Å². The molecule has 0 aliphatic rings. The minimum absolute atomic E-state index is 0.0729. The first kappa shape index (κ1) is 17.7. The molecular weight excluding hydrogens is 260 g/mol. The fraction of sp³-hybridized carbons (Fsp3) is 0.611. The predicted molar refractivity (Wildman–Crippen MR) is 89.3 cm³/mol. The molecule has 1 aromatic rings. The lowest BCUT2D eigenvalue weighted by Crippen LogP contribution is -2.55. The zero-order valence-electron chi connectivity index (χ0n) is 14.1. The second-order valence-electron chi connectivity index (χ2n) is 6.52. The van der Waals surface area contributed by atoms with E-state index in [1.807, 2.05) is 6.92 Å². The highest BCUT2D eigenvalue weighted by Gasteiger charge is 2.28. The first-order valence-corrected chi connectivity index (χ1v) is 7.92. The molecule has 0 spiro atoms. The van der Waals surface area contributed by atoms with Gasteiger partial charge in [-0.1, -0.05) is 52.0 Å². The minimum Gasteiger partial charge on any atom is -0.349 e. The standard InChI is InChI=1S/C18H30N2O/c1-6-15-7-9-16(10-8-15)14(4)11-17(21)20-18(5,12-19)13(2)3/h7-10,13-14H,6,11-12,19H2,1-5H3,(H,20,21). The normalized spacial score (nSPS) is 15.6. The van der Waals surface area contributed by atoms with E-state index >= 15 is 0 Å². The Morgan fingerprint density at radius 2 is 1.81 bits per heavy atom. The largest absolute Gasteiger partial charge is 0.349 e. The number of nitrogens with two attached hydrogens (primary N) is 1. The van der Waals surface area contributed by atoms with Gasteiger partial charge in [-0.05, 0) is 36.3 Å². The average molecular weight is 290 g/mol. The lowest BCUT2D eigenvalue weighted by Gasteiger charge is -2.34. The van der Waals surface area contributed by atoms with Crippen LogP contribution in [0.25, 0.3) is 0 Å². The lowest BCUT2D eigenvalue weighted by molar-refractivity contribution is -0.123. The quantitative estimate of drug-likeness (QED) is 0.810. The molecule has 0 heterocycles. The molecule has 0 aliphatic carbocycles. The number of nitrogens with one attached hydrogen (secondary N) is 1. The molecule has 0 radical (unpaired) electrons. The highest BCUT2D eigenvalue weighted by atomic mass is 16.1. The van der Waals surface area contributed by atoms with Crippen molar-refractivity contribution in [2.24, 2.45) is 11.7 Å². The van der Waals surface area contributed by atoms with Crippen LogP contribution in [0.15, 0.2) is 24.3 Å². The van der Waals surface area contributed by atoms with Crippen LogP contribution in [0, 0.1) is 5.92 Å². The second-order valence-corrected chi connectivity index (χ2v) is 6.52. The summed E-state index contributed by atoms with van der Waals surface area (Å²) in [7, 11) is 0. The second kappa shape index (κ2) is 7.60. The van der Waals surface area contributed by atoms with Crippen LogP contribution in [0.3, 0.4) is 0 Å². The number of amides is 1. The Kier molecular flexibility index (Phi) is 6.41. The predicted octanol–water partition coefficient (Wildman–Crippen LogP) is 3.23. The molecule has 1 rings (SSSR count). The highest BCUT2D eigenvalue weighted by molar-refractivity contribution is 5.77. The fourth-order valence-electron chi connectivity index (χ4n) is 2.28. The third-order valence-corrected chi connectivity index (χ3v) is 4.57. The molecule has 2 atom stereocenters. The van der Waals surface area contributed by atoms with E-state index in [0.717, 1.165) is 6.42 Å². The van der Waals surface area contributed by atoms with Crippen LogP contribution < -0.4 is 11.1 Å². The van der Waals surface area contributed by atoms with Crippen molar-refractivity contribution in [2.75, 3.05) is 6.54 Å². The number of carbonyl (C=O) groups is 1. The van der Waals surface area contributed by atoms with Gasteiger partial charge in [0.05, 0.1) is 5.54 Å². The summed E-state index contributed by atoms with van der Waals surface area (Å²) in [5, 5.41) is 3.10. The molecule has 0 saturated carbocycles. The molecule has 1 aromatic carbocycles. The van der Waals surface area contributed by atoms with Gasteiger partial charge in [0.25, 0.3) is 0 Å². The zero-order valence-corrected chi connectivity index (χ0v) is 14.1. The van der Waals surface area contributed by atoms with E-state index in [-0.39, 0.29) is 17.4 Å². The van der Waals surface area contributed by atoms with Crippen LogP contribution in [0.1, 0.15) is 58.1 Å². The average Bonchev–Trinajstić information content (AvgIpc) is 2.46. The van der Waals surface area contributed by atoms with E-state index in [2.05, 4.69) is 57.3 Å². The van der Waals surface area contributed by atoms with Gasteiger partial charge in [0.2, 0.25) is 5.91 Å².